The van der Waals surface area contributed by atoms with Gasteiger partial charge in [0.15, 0.2) is 0 Å². The summed E-state index contributed by atoms with van der Waals surface area (Å²) in [5.41, 5.74) is 0. The van der Waals surface area contributed by atoms with Crippen LogP contribution in [-0.2, 0) is 35.0 Å². The second kappa shape index (κ2) is 9.64. The summed E-state index contributed by atoms with van der Waals surface area (Å²) in [6.45, 7) is 3.80. The molecule has 0 amide bonds. The van der Waals surface area contributed by atoms with Gasteiger partial charge in [-0.25, -0.2) is 13.2 Å². The number of esters is 1. The molecule has 0 radical (unpaired) electrons. The topological polar surface area (TPSA) is 92.7 Å². The highest BCUT2D eigenvalue weighted by molar-refractivity contribution is 7.95. The second-order valence-electron chi connectivity index (χ2n) is 2.64. The Balaban J connectivity index is 0. The van der Waals surface area contributed by atoms with E-state index in [0.717, 1.165) is 12.9 Å². The number of carbonyl (C=O) groups excluding carboxylic acids is 1. The van der Waals surface area contributed by atoms with E-state index in [4.69, 9.17) is 4.74 Å². The standard InChI is InChI=1S/C7H13O2S.CH4O4S/c1-4-7(8)9-5-6-10(2)3;1-5-6(2,3)4/h4H,1,5-6H2,2-3H3;1H3,(H,2,3,4)/q+1;/p-1. The molecule has 0 aliphatic heterocycles. The SMILES string of the molecule is C=CC(=O)OCC[S+](C)C.COS(=O)(=O)[O-]. The zero-order valence-corrected chi connectivity index (χ0v) is 11.1. The molecule has 0 saturated heterocycles. The number of ether oxygens (including phenoxy) is 1. The smallest absolute Gasteiger partial charge is 0.330 e. The Morgan fingerprint density at radius 1 is 1.50 bits per heavy atom. The summed E-state index contributed by atoms with van der Waals surface area (Å²) in [4.78, 5) is 10.5. The van der Waals surface area contributed by atoms with E-state index in [1.165, 1.54) is 6.08 Å². The molecule has 0 heterocycles. The lowest BCUT2D eigenvalue weighted by Gasteiger charge is -1.98. The highest BCUT2D eigenvalue weighted by Crippen LogP contribution is 1.85. The monoisotopic (exact) mass is 272 g/mol. The fourth-order valence-corrected chi connectivity index (χ4v) is 0.785. The van der Waals surface area contributed by atoms with Crippen molar-refractivity contribution in [1.29, 1.82) is 0 Å². The van der Waals surface area contributed by atoms with Crippen LogP contribution in [0.4, 0.5) is 0 Å². The molecule has 0 saturated carbocycles. The first-order chi connectivity index (χ1) is 7.22. The summed E-state index contributed by atoms with van der Waals surface area (Å²) in [7, 11) is -3.25. The van der Waals surface area contributed by atoms with Crippen LogP contribution in [0.25, 0.3) is 0 Å². The van der Waals surface area contributed by atoms with Gasteiger partial charge in [0.25, 0.3) is 0 Å². The van der Waals surface area contributed by atoms with Crippen LogP contribution in [0.3, 0.4) is 0 Å². The van der Waals surface area contributed by atoms with Crippen LogP contribution in [0.1, 0.15) is 0 Å². The fraction of sp³-hybridized carbons (Fsp3) is 0.625. The van der Waals surface area contributed by atoms with Crippen LogP contribution in [0.2, 0.25) is 0 Å². The van der Waals surface area contributed by atoms with Crippen molar-refractivity contribution in [3.8, 4) is 0 Å². The summed E-state index contributed by atoms with van der Waals surface area (Å²) in [6, 6.07) is 0. The van der Waals surface area contributed by atoms with Gasteiger partial charge in [-0.3, -0.25) is 4.18 Å². The lowest BCUT2D eigenvalue weighted by Crippen LogP contribution is -2.11. The highest BCUT2D eigenvalue weighted by Gasteiger charge is 2.02. The predicted octanol–water partition coefficient (Wildman–Crippen LogP) is -0.313. The van der Waals surface area contributed by atoms with E-state index in [1.807, 2.05) is 0 Å². The molecule has 0 fully saturated rings. The van der Waals surface area contributed by atoms with Crippen molar-refractivity contribution >= 4 is 27.3 Å². The maximum absolute atomic E-state index is 10.5. The highest BCUT2D eigenvalue weighted by atomic mass is 32.3. The van der Waals surface area contributed by atoms with Gasteiger partial charge in [-0.1, -0.05) is 6.58 Å². The first kappa shape index (κ1) is 17.8. The minimum Gasteiger partial charge on any atom is -0.726 e. The third-order valence-electron chi connectivity index (χ3n) is 1.11. The molecular formula is C8H16O6S2. The molecule has 0 aromatic rings. The summed E-state index contributed by atoms with van der Waals surface area (Å²) >= 11 is 0. The third-order valence-corrected chi connectivity index (χ3v) is 2.50. The molecule has 6 nitrogen and oxygen atoms in total. The molecule has 0 rings (SSSR count). The lowest BCUT2D eigenvalue weighted by molar-refractivity contribution is -0.137. The average molecular weight is 272 g/mol. The maximum Gasteiger partial charge on any atom is 0.330 e. The van der Waals surface area contributed by atoms with Crippen molar-refractivity contribution in [3.05, 3.63) is 12.7 Å². The van der Waals surface area contributed by atoms with Crippen molar-refractivity contribution in [1.82, 2.24) is 0 Å². The molecule has 0 aliphatic carbocycles. The molecule has 16 heavy (non-hydrogen) atoms. The minimum atomic E-state index is -4.41. The molecule has 0 aliphatic rings. The van der Waals surface area contributed by atoms with Crippen LogP contribution in [0, 0.1) is 0 Å². The lowest BCUT2D eigenvalue weighted by atomic mass is 10.6. The van der Waals surface area contributed by atoms with Crippen molar-refractivity contribution in [2.24, 2.45) is 0 Å². The van der Waals surface area contributed by atoms with Gasteiger partial charge < -0.3 is 9.29 Å². The molecule has 0 N–H and O–H groups in total. The average Bonchev–Trinajstić information content (AvgIpc) is 2.17. The Labute approximate surface area is 98.9 Å². The van der Waals surface area contributed by atoms with Crippen LogP contribution < -0.4 is 0 Å². The summed E-state index contributed by atoms with van der Waals surface area (Å²) in [5.74, 6) is 0.616. The predicted molar refractivity (Wildman–Crippen MR) is 61.9 cm³/mol. The van der Waals surface area contributed by atoms with Crippen molar-refractivity contribution in [3.63, 3.8) is 0 Å². The van der Waals surface area contributed by atoms with Crippen molar-refractivity contribution in [2.45, 2.75) is 0 Å². The zero-order chi connectivity index (χ0) is 13.2. The van der Waals surface area contributed by atoms with Gasteiger partial charge in [0.05, 0.1) is 19.6 Å². The largest absolute Gasteiger partial charge is 0.726 e. The number of hydrogen-bond acceptors (Lipinski definition) is 6. The van der Waals surface area contributed by atoms with Gasteiger partial charge in [0.1, 0.15) is 12.4 Å². The zero-order valence-electron chi connectivity index (χ0n) is 9.46. The minimum absolute atomic E-state index is 0.328. The summed E-state index contributed by atoms with van der Waals surface area (Å²) in [6.07, 6.45) is 5.41. The fourth-order valence-electron chi connectivity index (χ4n) is 0.368. The quantitative estimate of drug-likeness (QED) is 0.224. The van der Waals surface area contributed by atoms with Gasteiger partial charge in [-0.05, 0) is 10.9 Å². The molecule has 0 unspecified atom stereocenters. The first-order valence-electron chi connectivity index (χ1n) is 4.07. The van der Waals surface area contributed by atoms with E-state index >= 15 is 0 Å². The molecule has 0 atom stereocenters. The molecule has 0 aromatic heterocycles. The maximum atomic E-state index is 10.5. The van der Waals surface area contributed by atoms with Gasteiger partial charge in [-0.15, -0.1) is 0 Å². The third kappa shape index (κ3) is 19.1. The number of carbonyl (C=O) groups is 1. The summed E-state index contributed by atoms with van der Waals surface area (Å²) in [5, 5.41) is 0. The van der Waals surface area contributed by atoms with E-state index in [0.29, 0.717) is 17.5 Å². The van der Waals surface area contributed by atoms with E-state index in [1.54, 1.807) is 0 Å². The second-order valence-corrected chi connectivity index (χ2v) is 6.17. The van der Waals surface area contributed by atoms with Crippen LogP contribution in [0.15, 0.2) is 12.7 Å². The molecule has 8 heteroatoms. The van der Waals surface area contributed by atoms with Crippen LogP contribution in [0.5, 0.6) is 0 Å². The molecule has 0 bridgehead atoms. The Kier molecular flexibility index (Phi) is 10.7. The molecular weight excluding hydrogens is 256 g/mol. The Hall–Kier alpha value is -0.570. The normalized spacial score (nSPS) is 10.3. The molecule has 0 spiro atoms. The Morgan fingerprint density at radius 2 is 1.94 bits per heavy atom. The van der Waals surface area contributed by atoms with Gasteiger partial charge in [-0.2, -0.15) is 0 Å². The first-order valence-corrected chi connectivity index (χ1v) is 7.62. The molecule has 0 aromatic carbocycles. The van der Waals surface area contributed by atoms with Crippen molar-refractivity contribution in [2.75, 3.05) is 32.0 Å². The summed E-state index contributed by atoms with van der Waals surface area (Å²) < 4.78 is 35.8. The van der Waals surface area contributed by atoms with E-state index < -0.39 is 10.4 Å². The van der Waals surface area contributed by atoms with Gasteiger partial charge in [0, 0.05) is 6.08 Å². The molecule has 96 valence electrons. The Morgan fingerprint density at radius 3 is 2.19 bits per heavy atom. The van der Waals surface area contributed by atoms with Crippen LogP contribution in [-0.4, -0.2) is 50.9 Å². The number of hydrogen-bond donors (Lipinski definition) is 0. The van der Waals surface area contributed by atoms with Crippen molar-refractivity contribution < 1.29 is 26.7 Å². The number of rotatable bonds is 5. The van der Waals surface area contributed by atoms with E-state index in [9.17, 15) is 17.8 Å². The van der Waals surface area contributed by atoms with E-state index in [-0.39, 0.29) is 5.97 Å². The van der Waals surface area contributed by atoms with Gasteiger partial charge in [0.2, 0.25) is 10.4 Å². The van der Waals surface area contributed by atoms with E-state index in [2.05, 4.69) is 23.3 Å². The Bertz CT molecular complexity index is 296. The van der Waals surface area contributed by atoms with Gasteiger partial charge >= 0.3 is 5.97 Å². The van der Waals surface area contributed by atoms with Crippen LogP contribution >= 0.6 is 0 Å².